The smallest absolute Gasteiger partial charge is 0.276 e. The SMILES string of the molecule is C#CCc1cc(Cl)ccc1-c1ccccc1NC(=O)c1nn(C)cc1C(F)F. The highest BCUT2D eigenvalue weighted by atomic mass is 35.5. The number of para-hydroxylation sites is 1. The Kier molecular flexibility index (Phi) is 5.76. The van der Waals surface area contributed by atoms with Crippen molar-refractivity contribution in [2.75, 3.05) is 5.32 Å². The van der Waals surface area contributed by atoms with Gasteiger partial charge in [-0.25, -0.2) is 8.78 Å². The summed E-state index contributed by atoms with van der Waals surface area (Å²) in [6, 6.07) is 12.3. The van der Waals surface area contributed by atoms with Crippen molar-refractivity contribution >= 4 is 23.2 Å². The molecule has 4 nitrogen and oxygen atoms in total. The molecule has 0 aliphatic rings. The van der Waals surface area contributed by atoms with Gasteiger partial charge >= 0.3 is 0 Å². The summed E-state index contributed by atoms with van der Waals surface area (Å²) in [5.74, 6) is 1.88. The molecule has 0 spiro atoms. The highest BCUT2D eigenvalue weighted by Crippen LogP contribution is 2.33. The van der Waals surface area contributed by atoms with Crippen LogP contribution < -0.4 is 5.32 Å². The zero-order valence-corrected chi connectivity index (χ0v) is 15.7. The maximum atomic E-state index is 13.2. The molecule has 0 aliphatic carbocycles. The van der Waals surface area contributed by atoms with E-state index in [1.54, 1.807) is 24.3 Å². The number of halogens is 3. The van der Waals surface area contributed by atoms with Gasteiger partial charge in [0, 0.05) is 35.9 Å². The number of carbonyl (C=O) groups excluding carboxylic acids is 1. The number of nitrogens with one attached hydrogen (secondary N) is 1. The highest BCUT2D eigenvalue weighted by Gasteiger charge is 2.23. The maximum absolute atomic E-state index is 13.2. The van der Waals surface area contributed by atoms with Gasteiger partial charge in [0.05, 0.1) is 5.56 Å². The summed E-state index contributed by atoms with van der Waals surface area (Å²) >= 11 is 6.07. The van der Waals surface area contributed by atoms with E-state index in [2.05, 4.69) is 16.3 Å². The summed E-state index contributed by atoms with van der Waals surface area (Å²) < 4.78 is 27.6. The molecule has 0 saturated heterocycles. The first kappa shape index (κ1) is 19.6. The maximum Gasteiger partial charge on any atom is 0.276 e. The molecule has 1 N–H and O–H groups in total. The number of hydrogen-bond acceptors (Lipinski definition) is 2. The van der Waals surface area contributed by atoms with Crippen LogP contribution in [0.4, 0.5) is 14.5 Å². The molecule has 3 aromatic rings. The Morgan fingerprint density at radius 3 is 2.75 bits per heavy atom. The lowest BCUT2D eigenvalue weighted by molar-refractivity contribution is 0.100. The Bertz CT molecular complexity index is 1070. The quantitative estimate of drug-likeness (QED) is 0.606. The van der Waals surface area contributed by atoms with Crippen LogP contribution in [0.1, 0.15) is 28.0 Å². The van der Waals surface area contributed by atoms with Gasteiger partial charge in [-0.05, 0) is 29.3 Å². The molecule has 0 bridgehead atoms. The van der Waals surface area contributed by atoms with E-state index < -0.39 is 17.9 Å². The predicted molar refractivity (Wildman–Crippen MR) is 106 cm³/mol. The monoisotopic (exact) mass is 399 g/mol. The van der Waals surface area contributed by atoms with Gasteiger partial charge < -0.3 is 5.32 Å². The largest absolute Gasteiger partial charge is 0.320 e. The minimum Gasteiger partial charge on any atom is -0.320 e. The lowest BCUT2D eigenvalue weighted by atomic mass is 9.96. The van der Waals surface area contributed by atoms with Gasteiger partial charge in [-0.3, -0.25) is 9.48 Å². The standard InChI is InChI=1S/C21H16ClF2N3O/c1-3-6-13-11-14(22)9-10-15(13)16-7-4-5-8-18(16)25-21(28)19-17(20(23)24)12-27(2)26-19/h1,4-5,7-12,20H,6H2,2H3,(H,25,28). The third-order valence-corrected chi connectivity index (χ3v) is 4.37. The molecule has 3 rings (SSSR count). The second-order valence-electron chi connectivity index (χ2n) is 6.09. The van der Waals surface area contributed by atoms with Gasteiger partial charge in [0.1, 0.15) is 0 Å². The van der Waals surface area contributed by atoms with Crippen LogP contribution in [0.3, 0.4) is 0 Å². The lowest BCUT2D eigenvalue weighted by Gasteiger charge is -2.14. The molecule has 142 valence electrons. The van der Waals surface area contributed by atoms with E-state index in [4.69, 9.17) is 18.0 Å². The Hall–Kier alpha value is -3.17. The zero-order valence-electron chi connectivity index (χ0n) is 14.9. The first-order valence-electron chi connectivity index (χ1n) is 8.35. The number of rotatable bonds is 5. The number of aromatic nitrogens is 2. The average molecular weight is 400 g/mol. The van der Waals surface area contributed by atoms with Crippen LogP contribution in [0.2, 0.25) is 5.02 Å². The van der Waals surface area contributed by atoms with E-state index in [0.29, 0.717) is 22.7 Å². The van der Waals surface area contributed by atoms with E-state index in [-0.39, 0.29) is 5.69 Å². The molecule has 1 amide bonds. The van der Waals surface area contributed by atoms with Crippen LogP contribution in [0.5, 0.6) is 0 Å². The molecule has 0 fully saturated rings. The summed E-state index contributed by atoms with van der Waals surface area (Å²) in [4.78, 5) is 12.6. The van der Waals surface area contributed by atoms with E-state index >= 15 is 0 Å². The second kappa shape index (κ2) is 8.24. The third kappa shape index (κ3) is 4.05. The Morgan fingerprint density at radius 2 is 2.04 bits per heavy atom. The molecule has 1 aromatic heterocycles. The molecule has 0 unspecified atom stereocenters. The Morgan fingerprint density at radius 1 is 1.29 bits per heavy atom. The summed E-state index contributed by atoms with van der Waals surface area (Å²) in [6.07, 6.45) is 4.14. The van der Waals surface area contributed by atoms with Gasteiger partial charge in [0.15, 0.2) is 5.69 Å². The van der Waals surface area contributed by atoms with Crippen LogP contribution in [-0.2, 0) is 13.5 Å². The minimum absolute atomic E-state index is 0.313. The number of carbonyl (C=O) groups is 1. The van der Waals surface area contributed by atoms with Gasteiger partial charge in [-0.15, -0.1) is 12.3 Å². The second-order valence-corrected chi connectivity index (χ2v) is 6.53. The molecule has 2 aromatic carbocycles. The first-order valence-corrected chi connectivity index (χ1v) is 8.73. The van der Waals surface area contributed by atoms with Gasteiger partial charge in [0.2, 0.25) is 0 Å². The number of aryl methyl sites for hydroxylation is 1. The molecule has 0 saturated carbocycles. The van der Waals surface area contributed by atoms with E-state index in [1.165, 1.54) is 11.7 Å². The van der Waals surface area contributed by atoms with Crippen LogP contribution in [0, 0.1) is 12.3 Å². The number of amides is 1. The van der Waals surface area contributed by atoms with Crippen LogP contribution in [-0.4, -0.2) is 15.7 Å². The molecular weight excluding hydrogens is 384 g/mol. The Balaban J connectivity index is 2.01. The number of benzene rings is 2. The molecular formula is C21H16ClF2N3O. The van der Waals surface area contributed by atoms with Crippen molar-refractivity contribution in [3.63, 3.8) is 0 Å². The fourth-order valence-electron chi connectivity index (χ4n) is 2.93. The summed E-state index contributed by atoms with van der Waals surface area (Å²) in [5, 5.41) is 7.10. The fourth-order valence-corrected chi connectivity index (χ4v) is 3.13. The fraction of sp³-hybridized carbons (Fsp3) is 0.143. The first-order chi connectivity index (χ1) is 13.4. The average Bonchev–Trinajstić information content (AvgIpc) is 3.05. The molecule has 0 aliphatic heterocycles. The number of terminal acetylenes is 1. The highest BCUT2D eigenvalue weighted by molar-refractivity contribution is 6.30. The summed E-state index contributed by atoms with van der Waals surface area (Å²) in [6.45, 7) is 0. The molecule has 1 heterocycles. The van der Waals surface area contributed by atoms with Gasteiger partial charge in [0.25, 0.3) is 12.3 Å². The molecule has 0 atom stereocenters. The van der Waals surface area contributed by atoms with Gasteiger partial charge in [-0.1, -0.05) is 35.9 Å². The van der Waals surface area contributed by atoms with Crippen molar-refractivity contribution in [1.29, 1.82) is 0 Å². The van der Waals surface area contributed by atoms with E-state index in [0.717, 1.165) is 17.3 Å². The number of hydrogen-bond donors (Lipinski definition) is 1. The normalized spacial score (nSPS) is 10.7. The predicted octanol–water partition coefficient (Wildman–Crippen LogP) is 5.11. The van der Waals surface area contributed by atoms with Crippen molar-refractivity contribution in [3.8, 4) is 23.5 Å². The Labute approximate surface area is 166 Å². The molecule has 0 radical (unpaired) electrons. The van der Waals surface area contributed by atoms with Crippen molar-refractivity contribution < 1.29 is 13.6 Å². The van der Waals surface area contributed by atoms with E-state index in [9.17, 15) is 13.6 Å². The number of nitrogens with zero attached hydrogens (tertiary/aromatic N) is 2. The topological polar surface area (TPSA) is 46.9 Å². The third-order valence-electron chi connectivity index (χ3n) is 4.13. The van der Waals surface area contributed by atoms with Crippen molar-refractivity contribution in [3.05, 3.63) is 70.5 Å². The molecule has 28 heavy (non-hydrogen) atoms. The van der Waals surface area contributed by atoms with Gasteiger partial charge in [-0.2, -0.15) is 5.10 Å². The molecule has 7 heteroatoms. The number of alkyl halides is 2. The van der Waals surface area contributed by atoms with E-state index in [1.807, 2.05) is 18.2 Å². The number of anilines is 1. The lowest BCUT2D eigenvalue weighted by Crippen LogP contribution is -2.15. The van der Waals surface area contributed by atoms with Crippen molar-refractivity contribution in [1.82, 2.24) is 9.78 Å². The zero-order chi connectivity index (χ0) is 20.3. The van der Waals surface area contributed by atoms with Crippen molar-refractivity contribution in [2.45, 2.75) is 12.8 Å². The van der Waals surface area contributed by atoms with Crippen LogP contribution in [0.25, 0.3) is 11.1 Å². The summed E-state index contributed by atoms with van der Waals surface area (Å²) in [7, 11) is 1.48. The van der Waals surface area contributed by atoms with Crippen LogP contribution in [0.15, 0.2) is 48.7 Å². The van der Waals surface area contributed by atoms with Crippen LogP contribution >= 0.6 is 11.6 Å². The van der Waals surface area contributed by atoms with Crippen molar-refractivity contribution in [2.24, 2.45) is 7.05 Å². The minimum atomic E-state index is -2.80. The summed E-state index contributed by atoms with van der Waals surface area (Å²) in [5.41, 5.74) is 2.05.